The molecule has 0 spiro atoms. The van der Waals surface area contributed by atoms with Gasteiger partial charge >= 0.3 is 5.97 Å². The van der Waals surface area contributed by atoms with Gasteiger partial charge in [0, 0.05) is 18.3 Å². The summed E-state index contributed by atoms with van der Waals surface area (Å²) >= 11 is 0. The molecule has 0 saturated carbocycles. The molecule has 0 fully saturated rings. The molecule has 1 rings (SSSR count). The van der Waals surface area contributed by atoms with Crippen molar-refractivity contribution < 1.29 is 29.4 Å². The summed E-state index contributed by atoms with van der Waals surface area (Å²) in [5.74, 6) is -3.37. The molecule has 0 radical (unpaired) electrons. The van der Waals surface area contributed by atoms with Crippen LogP contribution >= 0.6 is 0 Å². The van der Waals surface area contributed by atoms with Crippen LogP contribution in [0.2, 0.25) is 0 Å². The molecule has 0 aromatic carbocycles. The summed E-state index contributed by atoms with van der Waals surface area (Å²) in [6.45, 7) is 5.43. The number of nitrogens with two attached hydrogens (primary N) is 2. The second kappa shape index (κ2) is 15.1. The molecular weight excluding hydrogens is 458 g/mol. The van der Waals surface area contributed by atoms with E-state index in [1.165, 1.54) is 19.4 Å². The normalized spacial score (nSPS) is 15.5. The fourth-order valence-electron chi connectivity index (χ4n) is 3.36. The molecule has 13 heteroatoms. The summed E-state index contributed by atoms with van der Waals surface area (Å²) < 4.78 is 0. The quantitative estimate of drug-likeness (QED) is 0.123. The molecule has 5 unspecified atom stereocenters. The highest BCUT2D eigenvalue weighted by molar-refractivity contribution is 5.94. The fourth-order valence-corrected chi connectivity index (χ4v) is 3.36. The number of aliphatic hydroxyl groups is 1. The number of hydrogen-bond donors (Lipinski definition) is 8. The summed E-state index contributed by atoms with van der Waals surface area (Å²) in [5, 5.41) is 27.0. The highest BCUT2D eigenvalue weighted by atomic mass is 16.4. The van der Waals surface area contributed by atoms with Crippen molar-refractivity contribution in [3.05, 3.63) is 18.2 Å². The molecule has 1 aromatic rings. The molecule has 5 atom stereocenters. The summed E-state index contributed by atoms with van der Waals surface area (Å²) in [7, 11) is 0. The van der Waals surface area contributed by atoms with E-state index in [4.69, 9.17) is 11.5 Å². The van der Waals surface area contributed by atoms with E-state index in [0.717, 1.165) is 0 Å². The zero-order valence-electron chi connectivity index (χ0n) is 20.5. The zero-order chi connectivity index (χ0) is 26.5. The number of H-pyrrole nitrogens is 1. The SMILES string of the molecule is CC(C)CC(NC(=O)C(Cc1cnc[nH]1)NC(=O)C(NC(=O)C(N)CCCCN)C(C)O)C(=O)O. The Bertz CT molecular complexity index is 815. The van der Waals surface area contributed by atoms with Gasteiger partial charge in [0.15, 0.2) is 0 Å². The Morgan fingerprint density at radius 1 is 1.03 bits per heavy atom. The molecule has 198 valence electrons. The maximum atomic E-state index is 13.0. The third kappa shape index (κ3) is 10.8. The Balaban J connectivity index is 2.98. The first kappa shape index (κ1) is 30.0. The molecular formula is C22H39N7O6. The van der Waals surface area contributed by atoms with Crippen LogP contribution in [0.25, 0.3) is 0 Å². The molecule has 3 amide bonds. The molecule has 0 saturated heterocycles. The van der Waals surface area contributed by atoms with Crippen LogP contribution in [0.15, 0.2) is 12.5 Å². The molecule has 13 nitrogen and oxygen atoms in total. The average molecular weight is 498 g/mol. The first-order chi connectivity index (χ1) is 16.5. The molecule has 0 aliphatic carbocycles. The van der Waals surface area contributed by atoms with Gasteiger partial charge in [-0.2, -0.15) is 0 Å². The minimum Gasteiger partial charge on any atom is -0.480 e. The van der Waals surface area contributed by atoms with Crippen LogP contribution in [0.1, 0.15) is 52.1 Å². The van der Waals surface area contributed by atoms with Gasteiger partial charge in [-0.1, -0.05) is 20.3 Å². The van der Waals surface area contributed by atoms with Crippen molar-refractivity contribution in [2.75, 3.05) is 6.54 Å². The van der Waals surface area contributed by atoms with E-state index >= 15 is 0 Å². The predicted octanol–water partition coefficient (Wildman–Crippen LogP) is -1.63. The molecule has 0 aliphatic rings. The molecule has 1 aromatic heterocycles. The Morgan fingerprint density at radius 3 is 2.20 bits per heavy atom. The van der Waals surface area contributed by atoms with E-state index in [2.05, 4.69) is 25.9 Å². The Hall–Kier alpha value is -3.03. The minimum absolute atomic E-state index is 0.000871. The van der Waals surface area contributed by atoms with E-state index < -0.39 is 54.0 Å². The lowest BCUT2D eigenvalue weighted by Crippen LogP contribution is -2.60. The van der Waals surface area contributed by atoms with E-state index in [9.17, 15) is 29.4 Å². The number of carboxylic acids is 1. The minimum atomic E-state index is -1.38. The van der Waals surface area contributed by atoms with Crippen molar-refractivity contribution in [3.8, 4) is 0 Å². The number of nitrogens with one attached hydrogen (secondary N) is 4. The summed E-state index contributed by atoms with van der Waals surface area (Å²) in [4.78, 5) is 56.7. The Morgan fingerprint density at radius 2 is 1.69 bits per heavy atom. The summed E-state index contributed by atoms with van der Waals surface area (Å²) in [6.07, 6.45) is 3.42. The second-order valence-electron chi connectivity index (χ2n) is 8.99. The average Bonchev–Trinajstić information content (AvgIpc) is 3.28. The summed E-state index contributed by atoms with van der Waals surface area (Å²) in [5.41, 5.74) is 11.8. The fraction of sp³-hybridized carbons (Fsp3) is 0.682. The molecule has 10 N–H and O–H groups in total. The van der Waals surface area contributed by atoms with E-state index in [0.29, 0.717) is 31.5 Å². The maximum absolute atomic E-state index is 13.0. The van der Waals surface area contributed by atoms with Crippen LogP contribution in [0.4, 0.5) is 0 Å². The van der Waals surface area contributed by atoms with Gasteiger partial charge in [0.05, 0.1) is 18.5 Å². The number of nitrogens with zero attached hydrogens (tertiary/aromatic N) is 1. The van der Waals surface area contributed by atoms with Crippen LogP contribution in [0, 0.1) is 5.92 Å². The van der Waals surface area contributed by atoms with Gasteiger partial charge in [0.25, 0.3) is 0 Å². The number of carbonyl (C=O) groups excluding carboxylic acids is 3. The number of unbranched alkanes of at least 4 members (excludes halogenated alkanes) is 1. The van der Waals surface area contributed by atoms with Crippen molar-refractivity contribution in [2.24, 2.45) is 17.4 Å². The second-order valence-corrected chi connectivity index (χ2v) is 8.99. The van der Waals surface area contributed by atoms with E-state index in [1.807, 2.05) is 13.8 Å². The number of hydrogen-bond acceptors (Lipinski definition) is 8. The van der Waals surface area contributed by atoms with Gasteiger partial charge in [0.2, 0.25) is 17.7 Å². The van der Waals surface area contributed by atoms with Crippen LogP contribution in [-0.4, -0.2) is 80.7 Å². The molecule has 0 bridgehead atoms. The first-order valence-corrected chi connectivity index (χ1v) is 11.7. The third-order valence-electron chi connectivity index (χ3n) is 5.30. The lowest BCUT2D eigenvalue weighted by atomic mass is 10.0. The van der Waals surface area contributed by atoms with Crippen LogP contribution in [0.5, 0.6) is 0 Å². The Kier molecular flexibility index (Phi) is 12.9. The smallest absolute Gasteiger partial charge is 0.326 e. The predicted molar refractivity (Wildman–Crippen MR) is 128 cm³/mol. The van der Waals surface area contributed by atoms with Gasteiger partial charge in [-0.3, -0.25) is 14.4 Å². The van der Waals surface area contributed by atoms with Crippen molar-refractivity contribution >= 4 is 23.7 Å². The van der Waals surface area contributed by atoms with Gasteiger partial charge in [-0.25, -0.2) is 9.78 Å². The number of aromatic amines is 1. The molecule has 1 heterocycles. The molecule has 0 aliphatic heterocycles. The number of carbonyl (C=O) groups is 4. The number of aliphatic carboxylic acids is 1. The summed E-state index contributed by atoms with van der Waals surface area (Å²) in [6, 6.07) is -4.63. The largest absolute Gasteiger partial charge is 0.480 e. The first-order valence-electron chi connectivity index (χ1n) is 11.7. The maximum Gasteiger partial charge on any atom is 0.326 e. The standard InChI is InChI=1S/C22H39N7O6/c1-12(2)8-17(22(34)35)28-20(32)16(9-14-10-25-11-26-14)27-21(33)18(13(3)30)29-19(31)15(24)6-4-5-7-23/h10-13,15-18,30H,4-9,23-24H2,1-3H3,(H,25,26)(H,27,33)(H,28,32)(H,29,31)(H,34,35). The van der Waals surface area contributed by atoms with Gasteiger partial charge in [0.1, 0.15) is 18.1 Å². The number of aromatic nitrogens is 2. The van der Waals surface area contributed by atoms with Crippen LogP contribution in [0.3, 0.4) is 0 Å². The van der Waals surface area contributed by atoms with Crippen LogP contribution in [-0.2, 0) is 25.6 Å². The van der Waals surface area contributed by atoms with Crippen molar-refractivity contribution in [1.29, 1.82) is 0 Å². The van der Waals surface area contributed by atoms with Crippen molar-refractivity contribution in [3.63, 3.8) is 0 Å². The number of imidazole rings is 1. The van der Waals surface area contributed by atoms with Gasteiger partial charge in [-0.05, 0) is 38.6 Å². The van der Waals surface area contributed by atoms with Gasteiger partial charge in [-0.15, -0.1) is 0 Å². The number of carboxylic acid groups (broad SMARTS) is 1. The third-order valence-corrected chi connectivity index (χ3v) is 5.30. The van der Waals surface area contributed by atoms with Crippen LogP contribution < -0.4 is 27.4 Å². The number of rotatable bonds is 16. The van der Waals surface area contributed by atoms with Gasteiger partial charge < -0.3 is 42.6 Å². The number of amides is 3. The van der Waals surface area contributed by atoms with E-state index in [-0.39, 0.29) is 18.8 Å². The monoisotopic (exact) mass is 497 g/mol. The van der Waals surface area contributed by atoms with Crippen molar-refractivity contribution in [2.45, 2.75) is 83.1 Å². The topological polar surface area (TPSA) is 226 Å². The highest BCUT2D eigenvalue weighted by Crippen LogP contribution is 2.08. The van der Waals surface area contributed by atoms with Crippen molar-refractivity contribution in [1.82, 2.24) is 25.9 Å². The lowest BCUT2D eigenvalue weighted by Gasteiger charge is -2.26. The highest BCUT2D eigenvalue weighted by Gasteiger charge is 2.32. The Labute approximate surface area is 204 Å². The number of aliphatic hydroxyl groups excluding tert-OH is 1. The van der Waals surface area contributed by atoms with E-state index in [1.54, 1.807) is 0 Å². The zero-order valence-corrected chi connectivity index (χ0v) is 20.5. The molecule has 35 heavy (non-hydrogen) atoms. The lowest BCUT2D eigenvalue weighted by molar-refractivity contribution is -0.143.